The quantitative estimate of drug-likeness (QED) is 0.382. The fourth-order valence-corrected chi connectivity index (χ4v) is 4.87. The molecular weight excluding hydrogens is 401 g/mol. The summed E-state index contributed by atoms with van der Waals surface area (Å²) in [5.41, 5.74) is 4.26. The lowest BCUT2D eigenvalue weighted by molar-refractivity contribution is -0.129. The van der Waals surface area contributed by atoms with E-state index >= 15 is 0 Å². The van der Waals surface area contributed by atoms with Gasteiger partial charge in [0.1, 0.15) is 5.82 Å². The van der Waals surface area contributed by atoms with Gasteiger partial charge in [-0.3, -0.25) is 19.7 Å². The Morgan fingerprint density at radius 1 is 1.23 bits per heavy atom. The highest BCUT2D eigenvalue weighted by molar-refractivity contribution is 6.11. The smallest absolute Gasteiger partial charge is 0.243 e. The lowest BCUT2D eigenvalue weighted by Crippen LogP contribution is -2.42. The van der Waals surface area contributed by atoms with E-state index in [1.165, 1.54) is 12.1 Å². The first-order valence-electron chi connectivity index (χ1n) is 11.2. The molecule has 1 saturated heterocycles. The van der Waals surface area contributed by atoms with Crippen LogP contribution in [0.25, 0.3) is 10.9 Å². The van der Waals surface area contributed by atoms with Crippen LogP contribution >= 0.6 is 0 Å². The van der Waals surface area contributed by atoms with Gasteiger partial charge in [0, 0.05) is 60.7 Å². The summed E-state index contributed by atoms with van der Waals surface area (Å²) in [7, 11) is 0. The Morgan fingerprint density at radius 2 is 2.03 bits per heavy atom. The van der Waals surface area contributed by atoms with E-state index in [1.807, 2.05) is 0 Å². The lowest BCUT2D eigenvalue weighted by Gasteiger charge is -2.31. The van der Waals surface area contributed by atoms with Crippen molar-refractivity contribution in [2.45, 2.75) is 45.1 Å². The molecule has 1 aliphatic heterocycles. The van der Waals surface area contributed by atoms with E-state index in [9.17, 15) is 14.0 Å². The highest BCUT2D eigenvalue weighted by Gasteiger charge is 2.34. The number of fused-ring (bicyclic) bond motifs is 3. The van der Waals surface area contributed by atoms with Gasteiger partial charge in [-0.15, -0.1) is 0 Å². The van der Waals surface area contributed by atoms with Crippen molar-refractivity contribution in [1.29, 1.82) is 0 Å². The molecular formula is C23H30FN3O4. The topological polar surface area (TPSA) is 83.8 Å². The van der Waals surface area contributed by atoms with Gasteiger partial charge in [0.15, 0.2) is 5.78 Å². The summed E-state index contributed by atoms with van der Waals surface area (Å²) in [6.07, 6.45) is 4.25. The third-order valence-electron chi connectivity index (χ3n) is 6.47. The Balaban J connectivity index is 1.53. The molecule has 7 nitrogen and oxygen atoms in total. The van der Waals surface area contributed by atoms with Crippen LogP contribution < -0.4 is 5.48 Å². The van der Waals surface area contributed by atoms with Gasteiger partial charge in [0.05, 0.1) is 13.2 Å². The van der Waals surface area contributed by atoms with Crippen LogP contribution in [0.1, 0.15) is 48.2 Å². The number of Topliss-reactive ketones (excluding diaryl/α,β-unsaturated/α-hetero) is 1. The number of benzene rings is 1. The second kappa shape index (κ2) is 9.89. The summed E-state index contributed by atoms with van der Waals surface area (Å²) in [5, 5.41) is 9.30. The van der Waals surface area contributed by atoms with Crippen LogP contribution in [-0.4, -0.2) is 59.2 Å². The van der Waals surface area contributed by atoms with Crippen LogP contribution in [0.3, 0.4) is 0 Å². The zero-order valence-corrected chi connectivity index (χ0v) is 17.7. The number of carbonyl (C=O) groups excluding carboxylic acids is 2. The Hall–Kier alpha value is -2.29. The number of ketones is 1. The summed E-state index contributed by atoms with van der Waals surface area (Å²) in [6, 6.07) is 4.71. The number of amides is 1. The van der Waals surface area contributed by atoms with Crippen molar-refractivity contribution < 1.29 is 23.9 Å². The first-order valence-corrected chi connectivity index (χ1v) is 11.2. The van der Waals surface area contributed by atoms with Crippen molar-refractivity contribution in [3.8, 4) is 0 Å². The molecule has 2 aromatic rings. The Morgan fingerprint density at radius 3 is 2.81 bits per heavy atom. The van der Waals surface area contributed by atoms with E-state index in [4.69, 9.17) is 9.94 Å². The predicted octanol–water partition coefficient (Wildman–Crippen LogP) is 2.92. The number of nitrogens with zero attached hydrogens (tertiary/aromatic N) is 2. The minimum atomic E-state index is -0.379. The first-order chi connectivity index (χ1) is 15.1. The number of nitrogens with one attached hydrogen (secondary N) is 1. The molecule has 0 spiro atoms. The standard InChI is InChI=1S/C23H30FN3O4/c24-17-6-8-19-18(14-17)22-20(27(19)9-3-1-2-4-21(28)25-30)7-5-16(23(22)29)15-26-10-12-31-13-11-26/h6,8,14,16,30H,1-5,7,9-13,15H2,(H,25,28). The van der Waals surface area contributed by atoms with Crippen molar-refractivity contribution in [1.82, 2.24) is 14.9 Å². The fraction of sp³-hybridized carbons (Fsp3) is 0.565. The Bertz CT molecular complexity index is 952. The molecule has 1 aliphatic carbocycles. The van der Waals surface area contributed by atoms with Gasteiger partial charge in [-0.25, -0.2) is 9.87 Å². The minimum absolute atomic E-state index is 0.0649. The number of carbonyl (C=O) groups is 2. The molecule has 1 amide bonds. The SMILES string of the molecule is O=C(CCCCCn1c2c(c3cc(F)ccc31)C(=O)C(CN1CCOCC1)CC2)NO. The maximum Gasteiger partial charge on any atom is 0.243 e. The molecule has 0 bridgehead atoms. The van der Waals surface area contributed by atoms with Gasteiger partial charge in [-0.1, -0.05) is 6.42 Å². The van der Waals surface area contributed by atoms with Crippen LogP contribution in [0.4, 0.5) is 4.39 Å². The molecule has 0 radical (unpaired) electrons. The predicted molar refractivity (Wildman–Crippen MR) is 114 cm³/mol. The zero-order valence-electron chi connectivity index (χ0n) is 17.7. The summed E-state index contributed by atoms with van der Waals surface area (Å²) in [4.78, 5) is 26.9. The maximum absolute atomic E-state index is 14.1. The number of ether oxygens (including phenoxy) is 1. The van der Waals surface area contributed by atoms with Crippen molar-refractivity contribution in [3.63, 3.8) is 0 Å². The van der Waals surface area contributed by atoms with E-state index < -0.39 is 0 Å². The highest BCUT2D eigenvalue weighted by atomic mass is 19.1. The lowest BCUT2D eigenvalue weighted by atomic mass is 9.84. The largest absolute Gasteiger partial charge is 0.379 e. The highest BCUT2D eigenvalue weighted by Crippen LogP contribution is 2.35. The Kier molecular flexibility index (Phi) is 6.99. The zero-order chi connectivity index (χ0) is 21.8. The average molecular weight is 432 g/mol. The molecule has 1 fully saturated rings. The van der Waals surface area contributed by atoms with Crippen molar-refractivity contribution in [2.75, 3.05) is 32.8 Å². The number of aryl methyl sites for hydroxylation is 1. The van der Waals surface area contributed by atoms with E-state index in [0.717, 1.165) is 63.1 Å². The maximum atomic E-state index is 14.1. The molecule has 31 heavy (non-hydrogen) atoms. The van der Waals surface area contributed by atoms with Crippen molar-refractivity contribution >= 4 is 22.6 Å². The molecule has 1 atom stereocenters. The molecule has 1 aromatic heterocycles. The molecule has 2 aliphatic rings. The molecule has 168 valence electrons. The van der Waals surface area contributed by atoms with Crippen LogP contribution in [0.2, 0.25) is 0 Å². The van der Waals surface area contributed by atoms with E-state index in [1.54, 1.807) is 11.5 Å². The summed E-state index contributed by atoms with van der Waals surface area (Å²) >= 11 is 0. The van der Waals surface area contributed by atoms with Crippen LogP contribution in [0.5, 0.6) is 0 Å². The molecule has 2 heterocycles. The molecule has 1 unspecified atom stereocenters. The number of aromatic nitrogens is 1. The fourth-order valence-electron chi connectivity index (χ4n) is 4.87. The van der Waals surface area contributed by atoms with Gasteiger partial charge >= 0.3 is 0 Å². The molecule has 4 rings (SSSR count). The summed E-state index contributed by atoms with van der Waals surface area (Å²) < 4.78 is 21.7. The second-order valence-corrected chi connectivity index (χ2v) is 8.49. The van der Waals surface area contributed by atoms with Crippen molar-refractivity contribution in [2.24, 2.45) is 5.92 Å². The van der Waals surface area contributed by atoms with Crippen LogP contribution in [0, 0.1) is 11.7 Å². The van der Waals surface area contributed by atoms with E-state index in [-0.39, 0.29) is 29.8 Å². The van der Waals surface area contributed by atoms with E-state index in [0.29, 0.717) is 30.6 Å². The van der Waals surface area contributed by atoms with E-state index in [2.05, 4.69) is 9.47 Å². The Labute approximate surface area is 181 Å². The number of hydrogen-bond acceptors (Lipinski definition) is 5. The van der Waals surface area contributed by atoms with Gasteiger partial charge in [-0.2, -0.15) is 0 Å². The first kappa shape index (κ1) is 21.9. The summed E-state index contributed by atoms with van der Waals surface area (Å²) in [5.74, 6) is -0.645. The average Bonchev–Trinajstić information content (AvgIpc) is 3.09. The van der Waals surface area contributed by atoms with Gasteiger partial charge in [0.25, 0.3) is 0 Å². The number of halogens is 1. The number of unbranched alkanes of at least 4 members (excludes halogenated alkanes) is 2. The monoisotopic (exact) mass is 431 g/mol. The van der Waals surface area contributed by atoms with Gasteiger partial charge in [-0.05, 0) is 43.9 Å². The number of hydrogen-bond donors (Lipinski definition) is 2. The third kappa shape index (κ3) is 4.81. The van der Waals surface area contributed by atoms with Crippen LogP contribution in [0.15, 0.2) is 18.2 Å². The van der Waals surface area contributed by atoms with Crippen molar-refractivity contribution in [3.05, 3.63) is 35.3 Å². The van der Waals surface area contributed by atoms with Gasteiger partial charge < -0.3 is 9.30 Å². The molecule has 0 saturated carbocycles. The van der Waals surface area contributed by atoms with Crippen LogP contribution in [-0.2, 0) is 22.5 Å². The summed E-state index contributed by atoms with van der Waals surface area (Å²) in [6.45, 7) is 4.56. The molecule has 2 N–H and O–H groups in total. The van der Waals surface area contributed by atoms with Gasteiger partial charge in [0.2, 0.25) is 5.91 Å². The molecule has 1 aromatic carbocycles. The molecule has 8 heteroatoms. The normalized spacial score (nSPS) is 19.5. The number of hydroxylamine groups is 1. The number of rotatable bonds is 8. The second-order valence-electron chi connectivity index (χ2n) is 8.49. The number of morpholine rings is 1. The minimum Gasteiger partial charge on any atom is -0.379 e. The third-order valence-corrected chi connectivity index (χ3v) is 6.47.